The smallest absolute Gasteiger partial charge is 0.250 e. The first-order valence-electron chi connectivity index (χ1n) is 11.6. The first-order valence-corrected chi connectivity index (χ1v) is 11.6. The number of anilines is 1. The number of pyridine rings is 1. The number of amides is 1. The summed E-state index contributed by atoms with van der Waals surface area (Å²) < 4.78 is 11.5. The predicted molar refractivity (Wildman–Crippen MR) is 128 cm³/mol. The molecule has 1 atom stereocenters. The van der Waals surface area contributed by atoms with Gasteiger partial charge in [0.1, 0.15) is 11.9 Å². The van der Waals surface area contributed by atoms with E-state index < -0.39 is 5.91 Å². The number of ketones is 1. The van der Waals surface area contributed by atoms with Gasteiger partial charge in [0, 0.05) is 37.0 Å². The van der Waals surface area contributed by atoms with Crippen molar-refractivity contribution in [1.29, 1.82) is 0 Å². The van der Waals surface area contributed by atoms with Crippen LogP contribution in [0, 0.1) is 0 Å². The van der Waals surface area contributed by atoms with E-state index in [4.69, 9.17) is 15.2 Å². The van der Waals surface area contributed by atoms with Gasteiger partial charge in [-0.1, -0.05) is 18.2 Å². The molecule has 0 spiro atoms. The number of carbonyl (C=O) groups is 2. The fourth-order valence-electron chi connectivity index (χ4n) is 4.60. The molecule has 0 unspecified atom stereocenters. The molecular formula is C27H27N3O4. The van der Waals surface area contributed by atoms with Gasteiger partial charge in [-0.3, -0.25) is 14.6 Å². The van der Waals surface area contributed by atoms with Crippen LogP contribution < -0.4 is 15.4 Å². The normalized spacial score (nSPS) is 17.3. The number of rotatable bonds is 7. The number of Topliss-reactive ketones (excluding diaryl/α,β-unsaturated/α-hetero) is 1. The number of hydrogen-bond donors (Lipinski definition) is 1. The molecule has 7 nitrogen and oxygen atoms in total. The summed E-state index contributed by atoms with van der Waals surface area (Å²) in [6.45, 7) is 3.21. The molecule has 5 rings (SSSR count). The average molecular weight is 458 g/mol. The summed E-state index contributed by atoms with van der Waals surface area (Å²) in [6.07, 6.45) is 4.92. The van der Waals surface area contributed by atoms with E-state index in [-0.39, 0.29) is 11.9 Å². The number of nitrogens with zero attached hydrogens (tertiary/aromatic N) is 2. The number of nitrogens with two attached hydrogens (primary N) is 1. The molecular weight excluding hydrogens is 430 g/mol. The van der Waals surface area contributed by atoms with Crippen LogP contribution in [0.3, 0.4) is 0 Å². The lowest BCUT2D eigenvalue weighted by Gasteiger charge is -2.28. The lowest BCUT2D eigenvalue weighted by molar-refractivity contribution is 0.0987. The van der Waals surface area contributed by atoms with Gasteiger partial charge in [0.2, 0.25) is 5.91 Å². The number of carbonyl (C=O) groups excluding carboxylic acids is 2. The summed E-state index contributed by atoms with van der Waals surface area (Å²) in [7, 11) is 0. The van der Waals surface area contributed by atoms with Crippen LogP contribution in [-0.4, -0.2) is 43.0 Å². The van der Waals surface area contributed by atoms with Crippen LogP contribution in [0.15, 0.2) is 60.9 Å². The number of primary amides is 1. The molecule has 1 aliphatic heterocycles. The Morgan fingerprint density at radius 2 is 1.82 bits per heavy atom. The molecule has 1 saturated heterocycles. The van der Waals surface area contributed by atoms with Gasteiger partial charge in [-0.05, 0) is 59.9 Å². The van der Waals surface area contributed by atoms with Crippen molar-refractivity contribution < 1.29 is 19.1 Å². The molecule has 2 heterocycles. The highest BCUT2D eigenvalue weighted by Crippen LogP contribution is 2.36. The second kappa shape index (κ2) is 9.65. The number of aryl methyl sites for hydroxylation is 1. The summed E-state index contributed by atoms with van der Waals surface area (Å²) in [5.41, 5.74) is 10.8. The van der Waals surface area contributed by atoms with Crippen molar-refractivity contribution in [2.45, 2.75) is 25.4 Å². The summed E-state index contributed by atoms with van der Waals surface area (Å²) in [6, 6.07) is 15.6. The van der Waals surface area contributed by atoms with Crippen molar-refractivity contribution in [2.24, 2.45) is 5.73 Å². The molecule has 7 heteroatoms. The maximum absolute atomic E-state index is 13.0. The second-order valence-electron chi connectivity index (χ2n) is 8.70. The van der Waals surface area contributed by atoms with E-state index in [1.807, 2.05) is 30.3 Å². The van der Waals surface area contributed by atoms with Crippen molar-refractivity contribution in [1.82, 2.24) is 4.98 Å². The fourth-order valence-corrected chi connectivity index (χ4v) is 4.60. The summed E-state index contributed by atoms with van der Waals surface area (Å²) in [5, 5.41) is 0. The number of aromatic nitrogens is 1. The van der Waals surface area contributed by atoms with Gasteiger partial charge >= 0.3 is 0 Å². The molecule has 3 aromatic rings. The number of benzene rings is 2. The first kappa shape index (κ1) is 22.1. The Kier molecular flexibility index (Phi) is 6.27. The van der Waals surface area contributed by atoms with Gasteiger partial charge in [-0.15, -0.1) is 0 Å². The summed E-state index contributed by atoms with van der Waals surface area (Å²) >= 11 is 0. The monoisotopic (exact) mass is 457 g/mol. The second-order valence-corrected chi connectivity index (χ2v) is 8.70. The number of morpholine rings is 1. The fraction of sp³-hybridized carbons (Fsp3) is 0.296. The van der Waals surface area contributed by atoms with Crippen LogP contribution in [0.25, 0.3) is 0 Å². The van der Waals surface area contributed by atoms with E-state index in [2.05, 4.69) is 22.0 Å². The van der Waals surface area contributed by atoms with E-state index >= 15 is 0 Å². The maximum atomic E-state index is 13.0. The number of fused-ring (bicyclic) bond motifs is 1. The van der Waals surface area contributed by atoms with Crippen molar-refractivity contribution >= 4 is 17.4 Å². The standard InChI is InChI=1S/C27H27N3O4/c28-27(32)21-15-23(17-29-16-21)34-26-8-5-19-2-1-18(13-24(19)26)14-25(31)20-3-6-22(7-4-20)30-9-11-33-12-10-30/h1-4,6-7,13,15-17,26H,5,8-12,14H2,(H2,28,32)/t26-/m0/s1. The van der Waals surface area contributed by atoms with Crippen molar-refractivity contribution in [3.63, 3.8) is 0 Å². The van der Waals surface area contributed by atoms with Crippen LogP contribution in [-0.2, 0) is 17.6 Å². The van der Waals surface area contributed by atoms with Crippen LogP contribution >= 0.6 is 0 Å². The highest BCUT2D eigenvalue weighted by molar-refractivity contribution is 5.97. The van der Waals surface area contributed by atoms with Gasteiger partial charge in [-0.2, -0.15) is 0 Å². The Morgan fingerprint density at radius 3 is 2.59 bits per heavy atom. The summed E-state index contributed by atoms with van der Waals surface area (Å²) in [4.78, 5) is 30.7. The van der Waals surface area contributed by atoms with Crippen molar-refractivity contribution in [3.05, 3.63) is 88.7 Å². The third-order valence-corrected chi connectivity index (χ3v) is 6.44. The van der Waals surface area contributed by atoms with E-state index in [9.17, 15) is 9.59 Å². The van der Waals surface area contributed by atoms with Crippen LogP contribution in [0.5, 0.6) is 5.75 Å². The molecule has 2 aromatic carbocycles. The van der Waals surface area contributed by atoms with Gasteiger partial charge in [0.25, 0.3) is 0 Å². The highest BCUT2D eigenvalue weighted by Gasteiger charge is 2.25. The minimum absolute atomic E-state index is 0.0855. The number of ether oxygens (including phenoxy) is 2. The zero-order valence-corrected chi connectivity index (χ0v) is 18.9. The Hall–Kier alpha value is -3.71. The minimum Gasteiger partial charge on any atom is -0.484 e. The van der Waals surface area contributed by atoms with Crippen LogP contribution in [0.2, 0.25) is 0 Å². The first-order chi connectivity index (χ1) is 16.6. The quantitative estimate of drug-likeness (QED) is 0.546. The topological polar surface area (TPSA) is 94.8 Å². The van der Waals surface area contributed by atoms with Gasteiger partial charge in [0.05, 0.1) is 25.0 Å². The Morgan fingerprint density at radius 1 is 1.03 bits per heavy atom. The van der Waals surface area contributed by atoms with E-state index in [1.165, 1.54) is 11.8 Å². The van der Waals surface area contributed by atoms with Gasteiger partial charge in [0.15, 0.2) is 5.78 Å². The largest absolute Gasteiger partial charge is 0.484 e. The average Bonchev–Trinajstić information content (AvgIpc) is 3.26. The predicted octanol–water partition coefficient (Wildman–Crippen LogP) is 3.51. The van der Waals surface area contributed by atoms with Gasteiger partial charge in [-0.25, -0.2) is 0 Å². The molecule has 34 heavy (non-hydrogen) atoms. The van der Waals surface area contributed by atoms with E-state index in [1.54, 1.807) is 12.3 Å². The van der Waals surface area contributed by atoms with E-state index in [0.29, 0.717) is 23.3 Å². The van der Waals surface area contributed by atoms with E-state index in [0.717, 1.165) is 56.0 Å². The Labute approximate surface area is 198 Å². The zero-order chi connectivity index (χ0) is 23.5. The molecule has 1 aliphatic carbocycles. The lowest BCUT2D eigenvalue weighted by atomic mass is 9.99. The van der Waals surface area contributed by atoms with Crippen molar-refractivity contribution in [3.8, 4) is 5.75 Å². The minimum atomic E-state index is -0.538. The molecule has 0 saturated carbocycles. The molecule has 1 fully saturated rings. The van der Waals surface area contributed by atoms with Crippen molar-refractivity contribution in [2.75, 3.05) is 31.2 Å². The maximum Gasteiger partial charge on any atom is 0.250 e. The lowest BCUT2D eigenvalue weighted by Crippen LogP contribution is -2.36. The van der Waals surface area contributed by atoms with Gasteiger partial charge < -0.3 is 20.1 Å². The molecule has 174 valence electrons. The zero-order valence-electron chi connectivity index (χ0n) is 18.9. The SMILES string of the molecule is NC(=O)c1cncc(O[C@H]2CCc3ccc(CC(=O)c4ccc(N5CCOCC5)cc4)cc32)c1. The van der Waals surface area contributed by atoms with Crippen LogP contribution in [0.1, 0.15) is 49.9 Å². The Balaban J connectivity index is 1.27. The molecule has 0 bridgehead atoms. The third kappa shape index (κ3) is 4.79. The van der Waals surface area contributed by atoms with Crippen LogP contribution in [0.4, 0.5) is 5.69 Å². The third-order valence-electron chi connectivity index (χ3n) is 6.44. The molecule has 1 aromatic heterocycles. The highest BCUT2D eigenvalue weighted by atomic mass is 16.5. The number of hydrogen-bond acceptors (Lipinski definition) is 6. The summed E-state index contributed by atoms with van der Waals surface area (Å²) in [5.74, 6) is 0.0573. The Bertz CT molecular complexity index is 1200. The molecule has 1 amide bonds. The molecule has 2 aliphatic rings. The molecule has 0 radical (unpaired) electrons. The molecule has 2 N–H and O–H groups in total.